The minimum atomic E-state index is -3.61. The number of primary sulfonamides is 1. The number of benzene rings is 1. The predicted molar refractivity (Wildman–Crippen MR) is 63.0 cm³/mol. The van der Waals surface area contributed by atoms with Crippen LogP contribution in [-0.4, -0.2) is 8.42 Å². The van der Waals surface area contributed by atoms with E-state index in [0.717, 1.165) is 10.0 Å². The molecule has 0 heterocycles. The molecule has 1 aromatic carbocycles. The average molecular weight is 376 g/mol. The van der Waals surface area contributed by atoms with Gasteiger partial charge in [-0.15, -0.1) is 0 Å². The van der Waals surface area contributed by atoms with Crippen molar-refractivity contribution in [3.05, 3.63) is 25.7 Å². The minimum absolute atomic E-state index is 0.158. The predicted octanol–water partition coefficient (Wildman–Crippen LogP) is 2.01. The molecule has 1 aromatic rings. The number of aryl methyl sites for hydroxylation is 1. The highest BCUT2D eigenvalue weighted by molar-refractivity contribution is 14.1. The monoisotopic (exact) mass is 375 g/mol. The summed E-state index contributed by atoms with van der Waals surface area (Å²) >= 11 is 5.20. The van der Waals surface area contributed by atoms with Crippen molar-refractivity contribution in [2.45, 2.75) is 11.8 Å². The molecule has 0 saturated carbocycles. The SMILES string of the molecule is Cc1cc(I)c(S(N)(=O)=O)cc1Br. The number of sulfonamides is 1. The lowest BCUT2D eigenvalue weighted by Crippen LogP contribution is -2.13. The normalized spacial score (nSPS) is 11.7. The zero-order valence-electron chi connectivity index (χ0n) is 6.71. The van der Waals surface area contributed by atoms with Crippen LogP contribution >= 0.6 is 38.5 Å². The molecule has 0 atom stereocenters. The van der Waals surface area contributed by atoms with Gasteiger partial charge < -0.3 is 0 Å². The van der Waals surface area contributed by atoms with Gasteiger partial charge in [-0.25, -0.2) is 13.6 Å². The van der Waals surface area contributed by atoms with Crippen molar-refractivity contribution in [3.63, 3.8) is 0 Å². The molecule has 72 valence electrons. The molecule has 1 rings (SSSR count). The van der Waals surface area contributed by atoms with Crippen LogP contribution in [0, 0.1) is 10.5 Å². The second-order valence-corrected chi connectivity index (χ2v) is 6.12. The van der Waals surface area contributed by atoms with Gasteiger partial charge in [0, 0.05) is 8.04 Å². The van der Waals surface area contributed by atoms with Crippen molar-refractivity contribution < 1.29 is 8.42 Å². The Labute approximate surface area is 99.0 Å². The van der Waals surface area contributed by atoms with Gasteiger partial charge in [-0.05, 0) is 47.2 Å². The van der Waals surface area contributed by atoms with Crippen LogP contribution in [0.25, 0.3) is 0 Å². The minimum Gasteiger partial charge on any atom is -0.225 e. The molecule has 0 bridgehead atoms. The van der Waals surface area contributed by atoms with Crippen LogP contribution in [-0.2, 0) is 10.0 Å². The molecule has 0 amide bonds. The summed E-state index contributed by atoms with van der Waals surface area (Å²) in [6, 6.07) is 3.29. The quantitative estimate of drug-likeness (QED) is 0.763. The van der Waals surface area contributed by atoms with Crippen LogP contribution < -0.4 is 5.14 Å². The number of rotatable bonds is 1. The molecule has 0 aliphatic rings. The van der Waals surface area contributed by atoms with E-state index >= 15 is 0 Å². The maximum Gasteiger partial charge on any atom is 0.239 e. The Morgan fingerprint density at radius 2 is 2.00 bits per heavy atom. The van der Waals surface area contributed by atoms with Crippen molar-refractivity contribution >= 4 is 48.5 Å². The van der Waals surface area contributed by atoms with Crippen molar-refractivity contribution in [3.8, 4) is 0 Å². The van der Waals surface area contributed by atoms with E-state index in [1.807, 2.05) is 29.5 Å². The fraction of sp³-hybridized carbons (Fsp3) is 0.143. The van der Waals surface area contributed by atoms with Gasteiger partial charge in [0.1, 0.15) is 0 Å². The Kier molecular flexibility index (Phi) is 3.37. The molecule has 0 aliphatic heterocycles. The average Bonchev–Trinajstić information content (AvgIpc) is 1.94. The van der Waals surface area contributed by atoms with Gasteiger partial charge in [-0.2, -0.15) is 0 Å². The summed E-state index contributed by atoms with van der Waals surface area (Å²) in [5.74, 6) is 0. The molecular formula is C7H7BrINO2S. The molecule has 0 spiro atoms. The molecule has 0 aromatic heterocycles. The van der Waals surface area contributed by atoms with Crippen LogP contribution in [0.3, 0.4) is 0 Å². The second kappa shape index (κ2) is 3.84. The van der Waals surface area contributed by atoms with E-state index in [2.05, 4.69) is 15.9 Å². The first-order chi connectivity index (χ1) is 5.82. The van der Waals surface area contributed by atoms with E-state index in [1.165, 1.54) is 6.07 Å². The lowest BCUT2D eigenvalue weighted by atomic mass is 10.2. The van der Waals surface area contributed by atoms with E-state index in [0.29, 0.717) is 3.57 Å². The summed E-state index contributed by atoms with van der Waals surface area (Å²) in [6.07, 6.45) is 0. The van der Waals surface area contributed by atoms with Crippen molar-refractivity contribution in [2.24, 2.45) is 5.14 Å². The van der Waals surface area contributed by atoms with Gasteiger partial charge in [0.15, 0.2) is 0 Å². The fourth-order valence-corrected chi connectivity index (χ4v) is 3.50. The Bertz CT molecular complexity index is 444. The van der Waals surface area contributed by atoms with Crippen LogP contribution in [0.15, 0.2) is 21.5 Å². The zero-order chi connectivity index (χ0) is 10.2. The molecular weight excluding hydrogens is 369 g/mol. The van der Waals surface area contributed by atoms with E-state index in [-0.39, 0.29) is 4.90 Å². The maximum atomic E-state index is 11.1. The number of nitrogens with two attached hydrogens (primary N) is 1. The van der Waals surface area contributed by atoms with Crippen molar-refractivity contribution in [1.82, 2.24) is 0 Å². The van der Waals surface area contributed by atoms with Crippen molar-refractivity contribution in [2.75, 3.05) is 0 Å². The molecule has 0 fully saturated rings. The summed E-state index contributed by atoms with van der Waals surface area (Å²) in [4.78, 5) is 0.158. The largest absolute Gasteiger partial charge is 0.239 e. The van der Waals surface area contributed by atoms with Gasteiger partial charge in [0.2, 0.25) is 10.0 Å². The third-order valence-corrected chi connectivity index (χ3v) is 4.58. The smallest absolute Gasteiger partial charge is 0.225 e. The van der Waals surface area contributed by atoms with Gasteiger partial charge in [-0.1, -0.05) is 15.9 Å². The summed E-state index contributed by atoms with van der Waals surface area (Å²) in [6.45, 7) is 1.89. The Morgan fingerprint density at radius 3 is 2.46 bits per heavy atom. The molecule has 3 nitrogen and oxygen atoms in total. The summed E-state index contributed by atoms with van der Waals surface area (Å²) in [5, 5.41) is 5.02. The summed E-state index contributed by atoms with van der Waals surface area (Å²) < 4.78 is 23.5. The zero-order valence-corrected chi connectivity index (χ0v) is 11.3. The first kappa shape index (κ1) is 11.4. The van der Waals surface area contributed by atoms with Gasteiger partial charge in [-0.3, -0.25) is 0 Å². The Morgan fingerprint density at radius 1 is 1.46 bits per heavy atom. The summed E-state index contributed by atoms with van der Waals surface area (Å²) in [7, 11) is -3.61. The second-order valence-electron chi connectivity index (χ2n) is 2.58. The highest BCUT2D eigenvalue weighted by atomic mass is 127. The summed E-state index contributed by atoms with van der Waals surface area (Å²) in [5.41, 5.74) is 0.983. The molecule has 13 heavy (non-hydrogen) atoms. The van der Waals surface area contributed by atoms with Gasteiger partial charge in [0.05, 0.1) is 4.90 Å². The van der Waals surface area contributed by atoms with Crippen LogP contribution in [0.1, 0.15) is 5.56 Å². The highest BCUT2D eigenvalue weighted by Gasteiger charge is 2.13. The van der Waals surface area contributed by atoms with E-state index < -0.39 is 10.0 Å². The highest BCUT2D eigenvalue weighted by Crippen LogP contribution is 2.25. The van der Waals surface area contributed by atoms with Gasteiger partial charge >= 0.3 is 0 Å². The number of halogens is 2. The third kappa shape index (κ3) is 2.64. The number of hydrogen-bond donors (Lipinski definition) is 1. The molecule has 0 radical (unpaired) electrons. The standard InChI is InChI=1S/C7H7BrINO2S/c1-4-2-6(9)7(3-5(4)8)13(10,11)12/h2-3H,1H3,(H2,10,11,12). The van der Waals surface area contributed by atoms with Crippen LogP contribution in [0.4, 0.5) is 0 Å². The van der Waals surface area contributed by atoms with E-state index in [4.69, 9.17) is 5.14 Å². The Hall–Kier alpha value is 0.340. The third-order valence-electron chi connectivity index (χ3n) is 1.52. The maximum absolute atomic E-state index is 11.1. The first-order valence-electron chi connectivity index (χ1n) is 3.31. The molecule has 0 aliphatic carbocycles. The van der Waals surface area contributed by atoms with Crippen LogP contribution in [0.2, 0.25) is 0 Å². The lowest BCUT2D eigenvalue weighted by Gasteiger charge is -2.04. The van der Waals surface area contributed by atoms with Gasteiger partial charge in [0.25, 0.3) is 0 Å². The molecule has 6 heteroatoms. The van der Waals surface area contributed by atoms with E-state index in [1.54, 1.807) is 6.07 Å². The lowest BCUT2D eigenvalue weighted by molar-refractivity contribution is 0.597. The molecule has 0 unspecified atom stereocenters. The van der Waals surface area contributed by atoms with Crippen molar-refractivity contribution in [1.29, 1.82) is 0 Å². The van der Waals surface area contributed by atoms with E-state index in [9.17, 15) is 8.42 Å². The fourth-order valence-electron chi connectivity index (χ4n) is 0.846. The van der Waals surface area contributed by atoms with Crippen LogP contribution in [0.5, 0.6) is 0 Å². The molecule has 2 N–H and O–H groups in total. The molecule has 0 saturated heterocycles. The number of hydrogen-bond acceptors (Lipinski definition) is 2. The topological polar surface area (TPSA) is 60.2 Å². The first-order valence-corrected chi connectivity index (χ1v) is 6.72. The Balaban J connectivity index is 3.50.